The molecule has 0 bridgehead atoms. The predicted octanol–water partition coefficient (Wildman–Crippen LogP) is 2.30. The highest BCUT2D eigenvalue weighted by atomic mass is 16.6. The van der Waals surface area contributed by atoms with Gasteiger partial charge in [-0.15, -0.1) is 6.42 Å². The molecule has 0 radical (unpaired) electrons. The average Bonchev–Trinajstić information content (AvgIpc) is 2.42. The Bertz CT molecular complexity index is 555. The number of nitro groups is 1. The van der Waals surface area contributed by atoms with Crippen LogP contribution in [0, 0.1) is 22.5 Å². The van der Waals surface area contributed by atoms with Gasteiger partial charge in [0.2, 0.25) is 5.78 Å². The van der Waals surface area contributed by atoms with E-state index in [1.807, 2.05) is 0 Å². The first kappa shape index (κ1) is 14.5. The van der Waals surface area contributed by atoms with Gasteiger partial charge in [-0.2, -0.15) is 0 Å². The number of hydrogen-bond acceptors (Lipinski definition) is 4. The lowest BCUT2D eigenvalue weighted by atomic mass is 10.1. The molecule has 0 aliphatic carbocycles. The number of ketones is 1. The van der Waals surface area contributed by atoms with E-state index in [1.165, 1.54) is 6.08 Å². The van der Waals surface area contributed by atoms with E-state index in [4.69, 9.17) is 11.2 Å². The summed E-state index contributed by atoms with van der Waals surface area (Å²) >= 11 is 0. The van der Waals surface area contributed by atoms with E-state index in [0.717, 1.165) is 0 Å². The van der Waals surface area contributed by atoms with E-state index < -0.39 is 16.4 Å². The molecular weight excluding hydrogens is 246 g/mol. The zero-order valence-corrected chi connectivity index (χ0v) is 10.5. The molecule has 5 heteroatoms. The summed E-state index contributed by atoms with van der Waals surface area (Å²) in [7, 11) is 0. The Hall–Kier alpha value is -2.61. The quantitative estimate of drug-likeness (QED) is 0.340. The molecule has 0 aliphatic heterocycles. The van der Waals surface area contributed by atoms with Crippen molar-refractivity contribution in [2.75, 3.05) is 6.61 Å². The predicted molar refractivity (Wildman–Crippen MR) is 71.0 cm³/mol. The van der Waals surface area contributed by atoms with Crippen LogP contribution in [-0.4, -0.2) is 17.3 Å². The van der Waals surface area contributed by atoms with Crippen molar-refractivity contribution in [1.82, 2.24) is 0 Å². The molecule has 1 aromatic rings. The van der Waals surface area contributed by atoms with Crippen LogP contribution in [0.2, 0.25) is 0 Å². The third-order valence-electron chi connectivity index (χ3n) is 2.33. The van der Waals surface area contributed by atoms with Gasteiger partial charge >= 0.3 is 5.70 Å². The first-order valence-corrected chi connectivity index (χ1v) is 5.64. The van der Waals surface area contributed by atoms with Crippen molar-refractivity contribution in [3.05, 3.63) is 45.6 Å². The molecule has 5 nitrogen and oxygen atoms in total. The largest absolute Gasteiger partial charge is 0.480 e. The van der Waals surface area contributed by atoms with Gasteiger partial charge in [0.1, 0.15) is 12.4 Å². The fourth-order valence-electron chi connectivity index (χ4n) is 1.41. The molecule has 1 rings (SSSR count). The van der Waals surface area contributed by atoms with E-state index in [-0.39, 0.29) is 13.0 Å². The van der Waals surface area contributed by atoms with Gasteiger partial charge in [0.15, 0.2) is 0 Å². The van der Waals surface area contributed by atoms with Gasteiger partial charge in [0, 0.05) is 18.1 Å². The van der Waals surface area contributed by atoms with Crippen molar-refractivity contribution in [3.8, 4) is 18.1 Å². The normalized spacial score (nSPS) is 10.6. The van der Waals surface area contributed by atoms with Gasteiger partial charge in [-0.1, -0.05) is 31.0 Å². The molecule has 0 spiro atoms. The molecule has 1 aromatic carbocycles. The van der Waals surface area contributed by atoms with E-state index in [2.05, 4.69) is 5.92 Å². The van der Waals surface area contributed by atoms with Gasteiger partial charge in [0.25, 0.3) is 0 Å². The number of carbonyl (C=O) groups excluding carboxylic acids is 1. The zero-order valence-electron chi connectivity index (χ0n) is 10.5. The highest BCUT2D eigenvalue weighted by molar-refractivity contribution is 5.97. The molecule has 98 valence electrons. The van der Waals surface area contributed by atoms with Gasteiger partial charge in [-0.3, -0.25) is 14.9 Å². The fraction of sp³-hybridized carbons (Fsp3) is 0.214. The van der Waals surface area contributed by atoms with E-state index in [1.54, 1.807) is 31.2 Å². The lowest BCUT2D eigenvalue weighted by molar-refractivity contribution is -0.417. The monoisotopic (exact) mass is 259 g/mol. The van der Waals surface area contributed by atoms with Gasteiger partial charge in [0.05, 0.1) is 4.92 Å². The Balaban J connectivity index is 3.17. The number of allylic oxidation sites excluding steroid dienone is 1. The summed E-state index contributed by atoms with van der Waals surface area (Å²) in [4.78, 5) is 21.7. The molecule has 19 heavy (non-hydrogen) atoms. The molecule has 0 fully saturated rings. The summed E-state index contributed by atoms with van der Waals surface area (Å²) in [6.45, 7) is 1.63. The summed E-state index contributed by atoms with van der Waals surface area (Å²) in [5, 5.41) is 10.9. The van der Waals surface area contributed by atoms with Crippen LogP contribution in [0.5, 0.6) is 5.75 Å². The van der Waals surface area contributed by atoms with Crippen LogP contribution in [0.4, 0.5) is 0 Å². The Morgan fingerprint density at radius 3 is 2.79 bits per heavy atom. The molecule has 0 atom stereocenters. The third-order valence-corrected chi connectivity index (χ3v) is 2.33. The second-order valence-electron chi connectivity index (χ2n) is 3.59. The molecule has 0 saturated carbocycles. The number of carbonyl (C=O) groups is 1. The van der Waals surface area contributed by atoms with Crippen LogP contribution in [0.1, 0.15) is 18.9 Å². The van der Waals surface area contributed by atoms with Crippen LogP contribution < -0.4 is 4.74 Å². The lowest BCUT2D eigenvalue weighted by Gasteiger charge is -2.05. The number of Topliss-reactive ketones (excluding diaryl/α,β-unsaturated/α-hetero) is 1. The zero-order chi connectivity index (χ0) is 14.3. The minimum atomic E-state index is -0.691. The summed E-state index contributed by atoms with van der Waals surface area (Å²) < 4.78 is 5.27. The number of para-hydroxylation sites is 1. The average molecular weight is 259 g/mol. The van der Waals surface area contributed by atoms with Crippen molar-refractivity contribution < 1.29 is 14.5 Å². The molecular formula is C14H13NO4. The van der Waals surface area contributed by atoms with Crippen molar-refractivity contribution in [2.45, 2.75) is 13.3 Å². The van der Waals surface area contributed by atoms with E-state index >= 15 is 0 Å². The molecule has 0 heterocycles. The SMILES string of the molecule is C#CCOc1ccccc1C=C(C(=O)CC)[N+](=O)[O-]. The van der Waals surface area contributed by atoms with Crippen LogP contribution in [-0.2, 0) is 4.79 Å². The minimum Gasteiger partial charge on any atom is -0.480 e. The molecule has 0 unspecified atom stereocenters. The maximum Gasteiger partial charge on any atom is 0.312 e. The highest BCUT2D eigenvalue weighted by Crippen LogP contribution is 2.21. The molecule has 0 N–H and O–H groups in total. The van der Waals surface area contributed by atoms with Crippen molar-refractivity contribution in [3.63, 3.8) is 0 Å². The standard InChI is InChI=1S/C14H13NO4/c1-3-9-19-14-8-6-5-7-11(14)10-12(15(17)18)13(16)4-2/h1,5-8,10H,4,9H2,2H3. The number of ether oxygens (including phenoxy) is 1. The number of hydrogen-bond donors (Lipinski definition) is 0. The second-order valence-corrected chi connectivity index (χ2v) is 3.59. The maximum absolute atomic E-state index is 11.5. The van der Waals surface area contributed by atoms with Crippen molar-refractivity contribution in [2.24, 2.45) is 0 Å². The smallest absolute Gasteiger partial charge is 0.312 e. The third kappa shape index (κ3) is 3.96. The Morgan fingerprint density at radius 1 is 1.53 bits per heavy atom. The number of nitrogens with zero attached hydrogens (tertiary/aromatic N) is 1. The Morgan fingerprint density at radius 2 is 2.21 bits per heavy atom. The summed E-state index contributed by atoms with van der Waals surface area (Å²) in [6, 6.07) is 6.68. The summed E-state index contributed by atoms with van der Waals surface area (Å²) in [5.74, 6) is 2.19. The number of benzene rings is 1. The van der Waals surface area contributed by atoms with Crippen molar-refractivity contribution in [1.29, 1.82) is 0 Å². The summed E-state index contributed by atoms with van der Waals surface area (Å²) in [6.07, 6.45) is 6.37. The minimum absolute atomic E-state index is 0.0559. The first-order valence-electron chi connectivity index (χ1n) is 5.64. The Kier molecular flexibility index (Phi) is 5.30. The topological polar surface area (TPSA) is 69.4 Å². The van der Waals surface area contributed by atoms with E-state index in [0.29, 0.717) is 11.3 Å². The molecule has 0 saturated heterocycles. The van der Waals surface area contributed by atoms with Crippen LogP contribution in [0.25, 0.3) is 6.08 Å². The highest BCUT2D eigenvalue weighted by Gasteiger charge is 2.20. The molecule has 0 aliphatic rings. The lowest BCUT2D eigenvalue weighted by Crippen LogP contribution is -2.10. The number of terminal acetylenes is 1. The van der Waals surface area contributed by atoms with Crippen molar-refractivity contribution >= 4 is 11.9 Å². The van der Waals surface area contributed by atoms with Gasteiger partial charge in [-0.25, -0.2) is 0 Å². The molecule has 0 aromatic heterocycles. The molecule has 0 amide bonds. The summed E-state index contributed by atoms with van der Waals surface area (Å²) in [5.41, 5.74) is -0.00879. The Labute approximate surface area is 111 Å². The van der Waals surface area contributed by atoms with Gasteiger partial charge in [-0.05, 0) is 6.07 Å². The fourth-order valence-corrected chi connectivity index (χ4v) is 1.41. The van der Waals surface area contributed by atoms with Gasteiger partial charge < -0.3 is 4.74 Å². The van der Waals surface area contributed by atoms with Crippen LogP contribution in [0.15, 0.2) is 30.0 Å². The maximum atomic E-state index is 11.5. The second kappa shape index (κ2) is 6.97. The number of rotatable bonds is 6. The first-order chi connectivity index (χ1) is 9.10. The van der Waals surface area contributed by atoms with E-state index in [9.17, 15) is 14.9 Å². The van der Waals surface area contributed by atoms with Crippen LogP contribution >= 0.6 is 0 Å². The van der Waals surface area contributed by atoms with Crippen LogP contribution in [0.3, 0.4) is 0 Å².